The van der Waals surface area contributed by atoms with Crippen LogP contribution in [-0.2, 0) is 0 Å². The first-order valence-corrected chi connectivity index (χ1v) is 8.45. The molecule has 0 unspecified atom stereocenters. The van der Waals surface area contributed by atoms with Crippen LogP contribution in [0.15, 0.2) is 99.1 Å². The van der Waals surface area contributed by atoms with Crippen LogP contribution in [0.4, 0.5) is 5.69 Å². The molecule has 0 saturated heterocycles. The first-order valence-electron chi connectivity index (χ1n) is 8.45. The molecule has 3 aromatic carbocycles. The second-order valence-corrected chi connectivity index (χ2v) is 6.09. The van der Waals surface area contributed by atoms with Gasteiger partial charge in [0.2, 0.25) is 0 Å². The first kappa shape index (κ1) is 16.0. The lowest BCUT2D eigenvalue weighted by Gasteiger charge is -2.10. The highest BCUT2D eigenvalue weighted by atomic mass is 16.4. The molecule has 0 bridgehead atoms. The van der Waals surface area contributed by atoms with Crippen LogP contribution in [0.2, 0.25) is 0 Å². The van der Waals surface area contributed by atoms with Crippen molar-refractivity contribution in [1.29, 1.82) is 0 Å². The molecule has 4 aromatic rings. The molecule has 0 atom stereocenters. The second kappa shape index (κ2) is 6.81. The van der Waals surface area contributed by atoms with Crippen molar-refractivity contribution < 1.29 is 4.42 Å². The summed E-state index contributed by atoms with van der Waals surface area (Å²) in [6.07, 6.45) is 0. The standard InChI is InChI=1S/C23H17NO2/c1-16-15-21(25)26-20-14-8-13-19(22(16)20)24-23(17-9-4-2-5-10-17)18-11-6-3-7-12-18/h2-15H,1H3. The van der Waals surface area contributed by atoms with Gasteiger partial charge in [0, 0.05) is 22.6 Å². The summed E-state index contributed by atoms with van der Waals surface area (Å²) in [6, 6.07) is 27.3. The highest BCUT2D eigenvalue weighted by Gasteiger charge is 2.11. The molecule has 0 fully saturated rings. The van der Waals surface area contributed by atoms with E-state index in [-0.39, 0.29) is 5.63 Å². The minimum atomic E-state index is -0.345. The van der Waals surface area contributed by atoms with Crippen molar-refractivity contribution in [3.05, 3.63) is 112 Å². The molecule has 0 spiro atoms. The summed E-state index contributed by atoms with van der Waals surface area (Å²) < 4.78 is 5.35. The van der Waals surface area contributed by atoms with E-state index in [2.05, 4.69) is 0 Å². The number of rotatable bonds is 3. The molecule has 3 nitrogen and oxygen atoms in total. The van der Waals surface area contributed by atoms with Crippen molar-refractivity contribution in [2.75, 3.05) is 0 Å². The average molecular weight is 339 g/mol. The topological polar surface area (TPSA) is 42.6 Å². The molecule has 26 heavy (non-hydrogen) atoms. The first-order chi connectivity index (χ1) is 12.7. The average Bonchev–Trinajstić information content (AvgIpc) is 2.67. The highest BCUT2D eigenvalue weighted by molar-refractivity contribution is 6.15. The minimum absolute atomic E-state index is 0.345. The molecular weight excluding hydrogens is 322 g/mol. The quantitative estimate of drug-likeness (QED) is 0.377. The summed E-state index contributed by atoms with van der Waals surface area (Å²) in [6.45, 7) is 1.91. The van der Waals surface area contributed by atoms with Gasteiger partial charge in [-0.15, -0.1) is 0 Å². The molecule has 0 aliphatic heterocycles. The number of aliphatic imine (C=N–C) groups is 1. The normalized spacial score (nSPS) is 10.7. The van der Waals surface area contributed by atoms with Gasteiger partial charge in [0.25, 0.3) is 0 Å². The van der Waals surface area contributed by atoms with E-state index in [0.717, 1.165) is 33.5 Å². The summed E-state index contributed by atoms with van der Waals surface area (Å²) in [5.74, 6) is 0. The van der Waals surface area contributed by atoms with Gasteiger partial charge in [-0.2, -0.15) is 0 Å². The predicted molar refractivity (Wildman–Crippen MR) is 105 cm³/mol. The van der Waals surface area contributed by atoms with Crippen molar-refractivity contribution >= 4 is 22.4 Å². The van der Waals surface area contributed by atoms with E-state index in [1.54, 1.807) is 6.07 Å². The van der Waals surface area contributed by atoms with Crippen LogP contribution in [0.3, 0.4) is 0 Å². The molecule has 0 saturated carbocycles. The zero-order valence-electron chi connectivity index (χ0n) is 14.3. The summed E-state index contributed by atoms with van der Waals surface area (Å²) >= 11 is 0. The Morgan fingerprint density at radius 3 is 2.04 bits per heavy atom. The van der Waals surface area contributed by atoms with Crippen LogP contribution < -0.4 is 5.63 Å². The molecule has 3 heteroatoms. The fourth-order valence-corrected chi connectivity index (χ4v) is 3.09. The molecule has 0 aliphatic rings. The predicted octanol–water partition coefficient (Wildman–Crippen LogP) is 5.27. The lowest BCUT2D eigenvalue weighted by atomic mass is 10.0. The number of hydrogen-bond donors (Lipinski definition) is 0. The molecule has 0 radical (unpaired) electrons. The van der Waals surface area contributed by atoms with Crippen LogP contribution >= 0.6 is 0 Å². The molecule has 1 heterocycles. The Labute approximate surface area is 151 Å². The number of fused-ring (bicyclic) bond motifs is 1. The lowest BCUT2D eigenvalue weighted by molar-refractivity contribution is 0.560. The molecule has 1 aromatic heterocycles. The van der Waals surface area contributed by atoms with E-state index in [9.17, 15) is 4.79 Å². The summed E-state index contributed by atoms with van der Waals surface area (Å²) in [4.78, 5) is 16.7. The fraction of sp³-hybridized carbons (Fsp3) is 0.0435. The molecular formula is C23H17NO2. The van der Waals surface area contributed by atoms with Crippen LogP contribution in [0.25, 0.3) is 11.0 Å². The Balaban J connectivity index is 2.00. The summed E-state index contributed by atoms with van der Waals surface area (Å²) in [7, 11) is 0. The molecule has 0 amide bonds. The van der Waals surface area contributed by atoms with Crippen molar-refractivity contribution in [3.63, 3.8) is 0 Å². The minimum Gasteiger partial charge on any atom is -0.423 e. The van der Waals surface area contributed by atoms with E-state index in [0.29, 0.717) is 5.58 Å². The third kappa shape index (κ3) is 3.07. The maximum absolute atomic E-state index is 11.7. The Hall–Kier alpha value is -3.46. The largest absolute Gasteiger partial charge is 0.423 e. The van der Waals surface area contributed by atoms with Gasteiger partial charge in [0.15, 0.2) is 0 Å². The Morgan fingerprint density at radius 2 is 1.42 bits per heavy atom. The van der Waals surface area contributed by atoms with Gasteiger partial charge in [0.05, 0.1) is 11.4 Å². The maximum Gasteiger partial charge on any atom is 0.336 e. The SMILES string of the molecule is Cc1cc(=O)oc2cccc(N=C(c3ccccc3)c3ccccc3)c12. The Kier molecular flexibility index (Phi) is 4.20. The second-order valence-electron chi connectivity index (χ2n) is 6.09. The molecule has 0 aliphatic carbocycles. The van der Waals surface area contributed by atoms with Crippen LogP contribution in [-0.4, -0.2) is 5.71 Å². The molecule has 0 N–H and O–H groups in total. The maximum atomic E-state index is 11.7. The van der Waals surface area contributed by atoms with E-state index < -0.39 is 0 Å². The zero-order chi connectivity index (χ0) is 17.9. The van der Waals surface area contributed by atoms with Crippen molar-refractivity contribution in [3.8, 4) is 0 Å². The highest BCUT2D eigenvalue weighted by Crippen LogP contribution is 2.29. The van der Waals surface area contributed by atoms with Gasteiger partial charge < -0.3 is 4.42 Å². The number of nitrogens with zero attached hydrogens (tertiary/aromatic N) is 1. The van der Waals surface area contributed by atoms with Gasteiger partial charge in [-0.1, -0.05) is 66.7 Å². The summed E-state index contributed by atoms with van der Waals surface area (Å²) in [5.41, 5.74) is 4.79. The van der Waals surface area contributed by atoms with Crippen LogP contribution in [0.1, 0.15) is 16.7 Å². The molecule has 126 valence electrons. The third-order valence-corrected chi connectivity index (χ3v) is 4.27. The zero-order valence-corrected chi connectivity index (χ0v) is 14.3. The van der Waals surface area contributed by atoms with Gasteiger partial charge >= 0.3 is 5.63 Å². The van der Waals surface area contributed by atoms with Crippen molar-refractivity contribution in [1.82, 2.24) is 0 Å². The number of hydrogen-bond acceptors (Lipinski definition) is 3. The van der Waals surface area contributed by atoms with E-state index >= 15 is 0 Å². The van der Waals surface area contributed by atoms with E-state index in [1.165, 1.54) is 6.07 Å². The van der Waals surface area contributed by atoms with Crippen molar-refractivity contribution in [2.24, 2.45) is 4.99 Å². The van der Waals surface area contributed by atoms with E-state index in [1.807, 2.05) is 79.7 Å². The number of aryl methyl sites for hydroxylation is 1. The number of benzene rings is 3. The van der Waals surface area contributed by atoms with Gasteiger partial charge in [-0.05, 0) is 24.6 Å². The van der Waals surface area contributed by atoms with Gasteiger partial charge in [0.1, 0.15) is 5.58 Å². The monoisotopic (exact) mass is 339 g/mol. The Morgan fingerprint density at radius 1 is 0.808 bits per heavy atom. The van der Waals surface area contributed by atoms with Crippen LogP contribution in [0.5, 0.6) is 0 Å². The van der Waals surface area contributed by atoms with E-state index in [4.69, 9.17) is 9.41 Å². The van der Waals surface area contributed by atoms with Crippen molar-refractivity contribution in [2.45, 2.75) is 6.92 Å². The van der Waals surface area contributed by atoms with Gasteiger partial charge in [-0.25, -0.2) is 9.79 Å². The smallest absolute Gasteiger partial charge is 0.336 e. The third-order valence-electron chi connectivity index (χ3n) is 4.27. The fourth-order valence-electron chi connectivity index (χ4n) is 3.09. The van der Waals surface area contributed by atoms with Gasteiger partial charge in [-0.3, -0.25) is 0 Å². The summed E-state index contributed by atoms with van der Waals surface area (Å²) in [5, 5.41) is 0.858. The van der Waals surface area contributed by atoms with Crippen LogP contribution in [0, 0.1) is 6.92 Å². The lowest BCUT2D eigenvalue weighted by Crippen LogP contribution is -2.03. The molecule has 4 rings (SSSR count). The Bertz CT molecular complexity index is 1100.